The van der Waals surface area contributed by atoms with E-state index in [1.807, 2.05) is 0 Å². The van der Waals surface area contributed by atoms with Crippen molar-refractivity contribution < 1.29 is 0 Å². The second-order valence-electron chi connectivity index (χ2n) is 14.5. The van der Waals surface area contributed by atoms with E-state index in [0.29, 0.717) is 12.1 Å². The maximum Gasteiger partial charge on any atom is 0.0565 e. The molecule has 4 aromatic carbocycles. The Balaban J connectivity index is 1.20. The summed E-state index contributed by atoms with van der Waals surface area (Å²) in [5, 5.41) is 5.40. The van der Waals surface area contributed by atoms with Gasteiger partial charge in [0.1, 0.15) is 0 Å². The molecule has 2 heterocycles. The molecule has 224 valence electrons. The average molecular weight is 579 g/mol. The van der Waals surface area contributed by atoms with Crippen LogP contribution in [0.2, 0.25) is 0 Å². The first-order chi connectivity index (χ1) is 21.1. The first kappa shape index (κ1) is 28.7. The molecule has 0 radical (unpaired) electrons. The number of hydrogen-bond donors (Lipinski definition) is 0. The zero-order valence-electron chi connectivity index (χ0n) is 27.5. The lowest BCUT2D eigenvalue weighted by atomic mass is 9.78. The molecular weight excluding hydrogens is 532 g/mol. The number of fused-ring (bicyclic) bond motifs is 6. The molecule has 1 unspecified atom stereocenters. The lowest BCUT2D eigenvalue weighted by Gasteiger charge is -2.30. The Labute approximate surface area is 264 Å². The fourth-order valence-corrected chi connectivity index (χ4v) is 8.45. The van der Waals surface area contributed by atoms with E-state index in [9.17, 15) is 0 Å². The molecule has 0 saturated carbocycles. The Bertz CT molecular complexity index is 1890. The van der Waals surface area contributed by atoms with Gasteiger partial charge >= 0.3 is 0 Å². The third-order valence-electron chi connectivity index (χ3n) is 10.5. The molecule has 7 rings (SSSR count). The highest BCUT2D eigenvalue weighted by Gasteiger charge is 2.43. The molecule has 1 atom stereocenters. The van der Waals surface area contributed by atoms with Gasteiger partial charge in [0.05, 0.1) is 6.04 Å². The fraction of sp³-hybridized carbons (Fsp3) is 0.333. The largest absolute Gasteiger partial charge is 0.367 e. The number of rotatable bonds is 4. The Kier molecular flexibility index (Phi) is 6.88. The van der Waals surface area contributed by atoms with Crippen molar-refractivity contribution in [1.82, 2.24) is 0 Å². The molecule has 2 aliphatic heterocycles. The Morgan fingerprint density at radius 3 is 2.07 bits per heavy atom. The van der Waals surface area contributed by atoms with Crippen LogP contribution in [0, 0.1) is 0 Å². The number of benzene rings is 4. The van der Waals surface area contributed by atoms with Crippen LogP contribution < -0.4 is 9.80 Å². The smallest absolute Gasteiger partial charge is 0.0565 e. The van der Waals surface area contributed by atoms with Crippen LogP contribution in [0.25, 0.3) is 21.5 Å². The minimum atomic E-state index is -0.0730. The second-order valence-corrected chi connectivity index (χ2v) is 14.5. The van der Waals surface area contributed by atoms with E-state index in [-0.39, 0.29) is 10.8 Å². The van der Waals surface area contributed by atoms with E-state index in [2.05, 4.69) is 162 Å². The highest BCUT2D eigenvalue weighted by atomic mass is 15.2. The normalized spacial score (nSPS) is 22.5. The standard InChI is InChI=1S/C42H46N2/c1-28(2)44-36-24-22-32-16-9-11-18-34(32)40(36)42(5,6)38(44)26-20-30-14-12-13-29(27-30)19-25-37-41(3,4)39-33-17-10-8-15-31(33)21-23-35(39)43(37)7/h8-11,15-28,37H,12-14H2,1-7H3/b25-19+,30-20+,38-26-. The van der Waals surface area contributed by atoms with Gasteiger partial charge in [-0.1, -0.05) is 113 Å². The minimum absolute atomic E-state index is 0.0211. The summed E-state index contributed by atoms with van der Waals surface area (Å²) in [5.74, 6) is 0. The summed E-state index contributed by atoms with van der Waals surface area (Å²) < 4.78 is 0. The SMILES string of the molecule is CC(C)N1/C(=C\C=C2C=C(/C=C/C3N(C)c4ccc5ccccc5c4C3(C)C)CCC\2)C(C)(C)c2c1ccc1ccccc21. The predicted octanol–water partition coefficient (Wildman–Crippen LogP) is 10.8. The van der Waals surface area contributed by atoms with Crippen molar-refractivity contribution in [1.29, 1.82) is 0 Å². The molecule has 4 aromatic rings. The molecule has 44 heavy (non-hydrogen) atoms. The van der Waals surface area contributed by atoms with Crippen molar-refractivity contribution in [2.45, 2.75) is 83.7 Å². The zero-order chi connectivity index (χ0) is 30.8. The summed E-state index contributed by atoms with van der Waals surface area (Å²) in [4.78, 5) is 5.04. The lowest BCUT2D eigenvalue weighted by Crippen LogP contribution is -2.37. The maximum atomic E-state index is 2.56. The number of likely N-dealkylation sites (N-methyl/N-ethyl adjacent to an activating group) is 1. The van der Waals surface area contributed by atoms with Crippen LogP contribution in [0.3, 0.4) is 0 Å². The number of allylic oxidation sites excluding steroid dienone is 7. The van der Waals surface area contributed by atoms with Gasteiger partial charge in [0.25, 0.3) is 0 Å². The van der Waals surface area contributed by atoms with Crippen LogP contribution >= 0.6 is 0 Å². The van der Waals surface area contributed by atoms with Gasteiger partial charge in [-0.2, -0.15) is 0 Å². The molecular formula is C42H46N2. The zero-order valence-corrected chi connectivity index (χ0v) is 27.5. The monoisotopic (exact) mass is 578 g/mol. The van der Waals surface area contributed by atoms with E-state index in [1.54, 1.807) is 0 Å². The maximum absolute atomic E-state index is 2.56. The van der Waals surface area contributed by atoms with Gasteiger partial charge in [0.2, 0.25) is 0 Å². The molecule has 0 N–H and O–H groups in total. The van der Waals surface area contributed by atoms with Crippen molar-refractivity contribution in [2.75, 3.05) is 16.8 Å². The number of anilines is 2. The van der Waals surface area contributed by atoms with E-state index in [1.165, 1.54) is 67.3 Å². The van der Waals surface area contributed by atoms with Gasteiger partial charge in [-0.15, -0.1) is 0 Å². The topological polar surface area (TPSA) is 6.48 Å². The van der Waals surface area contributed by atoms with Crippen LogP contribution in [0.5, 0.6) is 0 Å². The van der Waals surface area contributed by atoms with Crippen molar-refractivity contribution in [2.24, 2.45) is 0 Å². The third-order valence-corrected chi connectivity index (χ3v) is 10.5. The van der Waals surface area contributed by atoms with Crippen LogP contribution in [-0.4, -0.2) is 19.1 Å². The van der Waals surface area contributed by atoms with Crippen LogP contribution in [0.15, 0.2) is 120 Å². The Morgan fingerprint density at radius 2 is 1.39 bits per heavy atom. The van der Waals surface area contributed by atoms with E-state index < -0.39 is 0 Å². The summed E-state index contributed by atoms with van der Waals surface area (Å²) in [6.07, 6.45) is 15.6. The minimum Gasteiger partial charge on any atom is -0.367 e. The molecule has 0 aromatic heterocycles. The first-order valence-corrected chi connectivity index (χ1v) is 16.5. The van der Waals surface area contributed by atoms with Crippen molar-refractivity contribution in [3.63, 3.8) is 0 Å². The second kappa shape index (κ2) is 10.5. The molecule has 0 saturated heterocycles. The molecule has 0 bridgehead atoms. The van der Waals surface area contributed by atoms with Crippen LogP contribution in [0.1, 0.15) is 71.9 Å². The van der Waals surface area contributed by atoms with Gasteiger partial charge in [-0.05, 0) is 95.1 Å². The summed E-state index contributed by atoms with van der Waals surface area (Å²) in [5.41, 5.74) is 9.84. The van der Waals surface area contributed by atoms with E-state index >= 15 is 0 Å². The van der Waals surface area contributed by atoms with Gasteiger partial charge < -0.3 is 9.80 Å². The summed E-state index contributed by atoms with van der Waals surface area (Å²) in [6, 6.07) is 27.6. The van der Waals surface area contributed by atoms with Gasteiger partial charge in [0.15, 0.2) is 0 Å². The quantitative estimate of drug-likeness (QED) is 0.238. The lowest BCUT2D eigenvalue weighted by molar-refractivity contribution is 0.490. The summed E-state index contributed by atoms with van der Waals surface area (Å²) >= 11 is 0. The van der Waals surface area contributed by atoms with E-state index in [4.69, 9.17) is 0 Å². The molecule has 2 heteroatoms. The summed E-state index contributed by atoms with van der Waals surface area (Å²) in [6.45, 7) is 14.2. The highest BCUT2D eigenvalue weighted by molar-refractivity contribution is 5.95. The van der Waals surface area contributed by atoms with Gasteiger partial charge in [-0.25, -0.2) is 0 Å². The molecule has 3 aliphatic rings. The van der Waals surface area contributed by atoms with Crippen LogP contribution in [0.4, 0.5) is 11.4 Å². The molecule has 0 fully saturated rings. The Hall–Kier alpha value is -4.04. The molecule has 1 aliphatic carbocycles. The third kappa shape index (κ3) is 4.45. The highest BCUT2D eigenvalue weighted by Crippen LogP contribution is 2.52. The first-order valence-electron chi connectivity index (χ1n) is 16.5. The van der Waals surface area contributed by atoms with Crippen molar-refractivity contribution >= 4 is 32.9 Å². The molecule has 0 spiro atoms. The summed E-state index contributed by atoms with van der Waals surface area (Å²) in [7, 11) is 2.26. The fourth-order valence-electron chi connectivity index (χ4n) is 8.45. The number of hydrogen-bond acceptors (Lipinski definition) is 2. The van der Waals surface area contributed by atoms with Crippen LogP contribution in [-0.2, 0) is 10.8 Å². The van der Waals surface area contributed by atoms with Gasteiger partial charge in [-0.3, -0.25) is 0 Å². The van der Waals surface area contributed by atoms with Gasteiger partial charge in [0, 0.05) is 41.0 Å². The van der Waals surface area contributed by atoms with Crippen molar-refractivity contribution in [3.8, 4) is 0 Å². The van der Waals surface area contributed by atoms with Crippen molar-refractivity contribution in [3.05, 3.63) is 131 Å². The molecule has 0 amide bonds. The average Bonchev–Trinajstić information content (AvgIpc) is 3.37. The Morgan fingerprint density at radius 1 is 0.750 bits per heavy atom. The molecule has 2 nitrogen and oxygen atoms in total. The number of nitrogens with zero attached hydrogens (tertiary/aromatic N) is 2. The predicted molar refractivity (Wildman–Crippen MR) is 191 cm³/mol. The van der Waals surface area contributed by atoms with E-state index in [0.717, 1.165) is 12.8 Å².